The van der Waals surface area contributed by atoms with Crippen molar-refractivity contribution in [3.8, 4) is 5.75 Å². The number of hydrogen-bond donors (Lipinski definition) is 1. The van der Waals surface area contributed by atoms with Gasteiger partial charge in [-0.2, -0.15) is 14.9 Å². The molecular weight excluding hydrogens is 296 g/mol. The molecule has 5 nitrogen and oxygen atoms in total. The maximum Gasteiger partial charge on any atom is 0.216 e. The Bertz CT molecular complexity index is 658. The lowest BCUT2D eigenvalue weighted by atomic mass is 10.2. The Morgan fingerprint density at radius 2 is 2.05 bits per heavy atom. The van der Waals surface area contributed by atoms with Crippen LogP contribution in [0, 0.1) is 4.77 Å². The number of rotatable bonds is 8. The first kappa shape index (κ1) is 16.4. The van der Waals surface area contributed by atoms with Gasteiger partial charge in [0.25, 0.3) is 0 Å². The van der Waals surface area contributed by atoms with E-state index in [4.69, 9.17) is 17.0 Å². The van der Waals surface area contributed by atoms with Crippen molar-refractivity contribution in [2.75, 3.05) is 6.61 Å². The molecule has 0 aliphatic heterocycles. The minimum atomic E-state index is 0.504. The first-order valence-electron chi connectivity index (χ1n) is 7.68. The van der Waals surface area contributed by atoms with Crippen molar-refractivity contribution < 1.29 is 4.74 Å². The molecule has 0 bridgehead atoms. The van der Waals surface area contributed by atoms with Crippen LogP contribution in [-0.2, 0) is 6.42 Å². The summed E-state index contributed by atoms with van der Waals surface area (Å²) >= 11 is 5.16. The highest BCUT2D eigenvalue weighted by atomic mass is 32.1. The Morgan fingerprint density at radius 1 is 1.27 bits per heavy atom. The molecule has 0 aliphatic rings. The van der Waals surface area contributed by atoms with Crippen LogP contribution in [0.25, 0.3) is 0 Å². The van der Waals surface area contributed by atoms with E-state index in [0.717, 1.165) is 36.6 Å². The molecule has 2 rings (SSSR count). The van der Waals surface area contributed by atoms with Crippen LogP contribution in [0.15, 0.2) is 29.4 Å². The van der Waals surface area contributed by atoms with Crippen LogP contribution >= 0.6 is 12.2 Å². The lowest BCUT2D eigenvalue weighted by molar-refractivity contribution is 0.306. The first-order chi connectivity index (χ1) is 10.7. The highest BCUT2D eigenvalue weighted by molar-refractivity contribution is 7.71. The molecule has 118 valence electrons. The zero-order valence-corrected chi connectivity index (χ0v) is 13.9. The summed E-state index contributed by atoms with van der Waals surface area (Å²) in [5, 5.41) is 11.2. The van der Waals surface area contributed by atoms with Crippen LogP contribution in [0.5, 0.6) is 5.75 Å². The molecule has 0 unspecified atom stereocenters. The number of aromatic amines is 1. The van der Waals surface area contributed by atoms with Gasteiger partial charge in [-0.3, -0.25) is 5.10 Å². The Balaban J connectivity index is 1.97. The van der Waals surface area contributed by atoms with Gasteiger partial charge in [0.1, 0.15) is 5.75 Å². The van der Waals surface area contributed by atoms with Crippen molar-refractivity contribution in [1.29, 1.82) is 0 Å². The minimum Gasteiger partial charge on any atom is -0.494 e. The molecule has 22 heavy (non-hydrogen) atoms. The molecule has 2 aromatic rings. The maximum absolute atomic E-state index is 5.69. The zero-order chi connectivity index (χ0) is 15.8. The van der Waals surface area contributed by atoms with E-state index in [1.54, 1.807) is 10.9 Å². The van der Waals surface area contributed by atoms with Gasteiger partial charge in [0.15, 0.2) is 5.82 Å². The van der Waals surface area contributed by atoms with E-state index in [1.165, 1.54) is 12.8 Å². The van der Waals surface area contributed by atoms with Crippen LogP contribution in [0.3, 0.4) is 0 Å². The Kier molecular flexibility index (Phi) is 6.33. The molecule has 1 aromatic carbocycles. The number of benzene rings is 1. The predicted octanol–water partition coefficient (Wildman–Crippen LogP) is 3.95. The van der Waals surface area contributed by atoms with Gasteiger partial charge in [-0.15, -0.1) is 0 Å². The predicted molar refractivity (Wildman–Crippen MR) is 91.2 cm³/mol. The Hall–Kier alpha value is -1.95. The molecule has 0 fully saturated rings. The molecule has 0 aliphatic carbocycles. The highest BCUT2D eigenvalue weighted by Crippen LogP contribution is 2.12. The first-order valence-corrected chi connectivity index (χ1v) is 8.09. The lowest BCUT2D eigenvalue weighted by Crippen LogP contribution is -1.98. The molecule has 0 radical (unpaired) electrons. The summed E-state index contributed by atoms with van der Waals surface area (Å²) in [7, 11) is 0. The monoisotopic (exact) mass is 318 g/mol. The average molecular weight is 318 g/mol. The Morgan fingerprint density at radius 3 is 2.73 bits per heavy atom. The van der Waals surface area contributed by atoms with Crippen LogP contribution < -0.4 is 4.74 Å². The van der Waals surface area contributed by atoms with E-state index in [2.05, 4.69) is 22.2 Å². The fourth-order valence-corrected chi connectivity index (χ4v) is 2.19. The minimum absolute atomic E-state index is 0.504. The number of nitrogens with zero attached hydrogens (tertiary/aromatic N) is 3. The van der Waals surface area contributed by atoms with Gasteiger partial charge in [-0.25, -0.2) is 0 Å². The van der Waals surface area contributed by atoms with Crippen LogP contribution in [0.2, 0.25) is 0 Å². The van der Waals surface area contributed by atoms with E-state index in [0.29, 0.717) is 4.77 Å². The smallest absolute Gasteiger partial charge is 0.216 e. The van der Waals surface area contributed by atoms with E-state index >= 15 is 0 Å². The Labute approximate surface area is 136 Å². The van der Waals surface area contributed by atoms with Gasteiger partial charge in [0.05, 0.1) is 12.8 Å². The summed E-state index contributed by atoms with van der Waals surface area (Å²) in [5.41, 5.74) is 0.992. The highest BCUT2D eigenvalue weighted by Gasteiger charge is 2.01. The van der Waals surface area contributed by atoms with Crippen molar-refractivity contribution in [1.82, 2.24) is 14.9 Å². The van der Waals surface area contributed by atoms with Gasteiger partial charge in [0.2, 0.25) is 4.77 Å². The van der Waals surface area contributed by atoms with Crippen molar-refractivity contribution in [3.63, 3.8) is 0 Å². The number of unbranched alkanes of at least 4 members (excludes halogenated alkanes) is 2. The van der Waals surface area contributed by atoms with Crippen LogP contribution in [-0.4, -0.2) is 27.7 Å². The summed E-state index contributed by atoms with van der Waals surface area (Å²) in [4.78, 5) is 0. The third-order valence-corrected chi connectivity index (χ3v) is 3.52. The summed E-state index contributed by atoms with van der Waals surface area (Å²) in [6.45, 7) is 4.97. The standard InChI is InChI=1S/C16H22N4OS/c1-3-5-6-11-21-14-9-7-13(8-10-14)12-17-20-15(4-2)18-19-16(20)22/h7-10,12H,3-6,11H2,1-2H3,(H,19,22)/b17-12+. The number of nitrogens with one attached hydrogen (secondary N) is 1. The quantitative estimate of drug-likeness (QED) is 0.455. The second-order valence-electron chi connectivity index (χ2n) is 4.98. The largest absolute Gasteiger partial charge is 0.494 e. The van der Waals surface area contributed by atoms with E-state index < -0.39 is 0 Å². The van der Waals surface area contributed by atoms with Crippen LogP contribution in [0.4, 0.5) is 0 Å². The number of aryl methyl sites for hydroxylation is 1. The molecule has 1 N–H and O–H groups in total. The molecule has 0 amide bonds. The maximum atomic E-state index is 5.69. The molecule has 0 saturated carbocycles. The molecule has 6 heteroatoms. The fraction of sp³-hybridized carbons (Fsp3) is 0.438. The summed E-state index contributed by atoms with van der Waals surface area (Å²) in [6, 6.07) is 7.88. The second kappa shape index (κ2) is 8.48. The SMILES string of the molecule is CCCCCOc1ccc(/C=N/n2c(CC)n[nH]c2=S)cc1. The van der Waals surface area contributed by atoms with Crippen molar-refractivity contribution in [3.05, 3.63) is 40.4 Å². The van der Waals surface area contributed by atoms with Crippen molar-refractivity contribution in [2.24, 2.45) is 5.10 Å². The molecule has 0 atom stereocenters. The lowest BCUT2D eigenvalue weighted by Gasteiger charge is -2.05. The van der Waals surface area contributed by atoms with Gasteiger partial charge < -0.3 is 4.74 Å². The van der Waals surface area contributed by atoms with E-state index in [-0.39, 0.29) is 0 Å². The van der Waals surface area contributed by atoms with Gasteiger partial charge in [-0.05, 0) is 48.5 Å². The number of ether oxygens (including phenoxy) is 1. The van der Waals surface area contributed by atoms with Gasteiger partial charge in [-0.1, -0.05) is 26.7 Å². The summed E-state index contributed by atoms with van der Waals surface area (Å²) < 4.78 is 7.83. The molecular formula is C16H22N4OS. The number of aromatic nitrogens is 3. The molecule has 1 aromatic heterocycles. The third kappa shape index (κ3) is 4.53. The van der Waals surface area contributed by atoms with Gasteiger partial charge in [0, 0.05) is 6.42 Å². The molecule has 1 heterocycles. The normalized spacial score (nSPS) is 11.2. The molecule has 0 saturated heterocycles. The topological polar surface area (TPSA) is 55.2 Å². The number of H-pyrrole nitrogens is 1. The summed E-state index contributed by atoms with van der Waals surface area (Å²) in [6.07, 6.45) is 6.05. The second-order valence-corrected chi connectivity index (χ2v) is 5.37. The van der Waals surface area contributed by atoms with Crippen LogP contribution in [0.1, 0.15) is 44.5 Å². The average Bonchev–Trinajstić information content (AvgIpc) is 2.91. The molecule has 0 spiro atoms. The number of hydrogen-bond acceptors (Lipinski definition) is 4. The van der Waals surface area contributed by atoms with Crippen molar-refractivity contribution in [2.45, 2.75) is 39.5 Å². The van der Waals surface area contributed by atoms with E-state index in [1.807, 2.05) is 31.2 Å². The van der Waals surface area contributed by atoms with E-state index in [9.17, 15) is 0 Å². The van der Waals surface area contributed by atoms with Crippen molar-refractivity contribution >= 4 is 18.4 Å². The fourth-order valence-electron chi connectivity index (χ4n) is 1.99. The summed E-state index contributed by atoms with van der Waals surface area (Å²) in [5.74, 6) is 1.71. The zero-order valence-electron chi connectivity index (χ0n) is 13.1. The van der Waals surface area contributed by atoms with Gasteiger partial charge >= 0.3 is 0 Å². The third-order valence-electron chi connectivity index (χ3n) is 3.25.